The predicted octanol–water partition coefficient (Wildman–Crippen LogP) is 4.98. The van der Waals surface area contributed by atoms with Crippen LogP contribution in [-0.4, -0.2) is 24.8 Å². The van der Waals surface area contributed by atoms with E-state index < -0.39 is 0 Å². The number of thioether (sulfide) groups is 2. The lowest BCUT2D eigenvalue weighted by Gasteiger charge is -2.14. The maximum absolute atomic E-state index is 3.62. The zero-order valence-electron chi connectivity index (χ0n) is 12.4. The zero-order valence-corrected chi connectivity index (χ0v) is 14.1. The molecule has 1 nitrogen and oxygen atoms in total. The monoisotopic (exact) mass is 297 g/mol. The van der Waals surface area contributed by atoms with Gasteiger partial charge in [0.15, 0.2) is 0 Å². The Hall–Kier alpha value is -0.120. The van der Waals surface area contributed by atoms with Crippen LogP contribution >= 0.6 is 23.5 Å². The van der Waals surface area contributed by atoms with Gasteiger partial charge >= 0.3 is 0 Å². The van der Waals surface area contributed by atoms with E-state index >= 15 is 0 Å². The molecular formula is C16H27NS2. The lowest BCUT2D eigenvalue weighted by atomic mass is 10.1. The number of benzene rings is 1. The van der Waals surface area contributed by atoms with Gasteiger partial charge < -0.3 is 5.32 Å². The van der Waals surface area contributed by atoms with Gasteiger partial charge in [0.05, 0.1) is 0 Å². The quantitative estimate of drug-likeness (QED) is 0.483. The van der Waals surface area contributed by atoms with E-state index in [0.29, 0.717) is 6.04 Å². The lowest BCUT2D eigenvalue weighted by molar-refractivity contribution is 0.537. The Labute approximate surface area is 127 Å². The minimum atomic E-state index is 0.460. The predicted molar refractivity (Wildman–Crippen MR) is 91.5 cm³/mol. The molecule has 3 heteroatoms. The van der Waals surface area contributed by atoms with E-state index in [0.717, 1.165) is 6.54 Å². The molecule has 0 aromatic heterocycles. The van der Waals surface area contributed by atoms with Crippen molar-refractivity contribution in [2.45, 2.75) is 43.5 Å². The molecule has 19 heavy (non-hydrogen) atoms. The molecule has 1 N–H and O–H groups in total. The summed E-state index contributed by atoms with van der Waals surface area (Å²) in [6.45, 7) is 3.38. The molecule has 0 amide bonds. The van der Waals surface area contributed by atoms with Crippen LogP contribution in [0.1, 0.15) is 44.2 Å². The second-order valence-corrected chi connectivity index (χ2v) is 6.72. The van der Waals surface area contributed by atoms with Crippen molar-refractivity contribution in [2.75, 3.05) is 24.8 Å². The fourth-order valence-corrected chi connectivity index (χ4v) is 2.96. The van der Waals surface area contributed by atoms with Crippen molar-refractivity contribution in [3.8, 4) is 0 Å². The highest BCUT2D eigenvalue weighted by Gasteiger charge is 2.03. The molecule has 1 aromatic carbocycles. The Morgan fingerprint density at radius 1 is 1.00 bits per heavy atom. The van der Waals surface area contributed by atoms with E-state index in [1.807, 2.05) is 11.8 Å². The van der Waals surface area contributed by atoms with Crippen LogP contribution in [0, 0.1) is 0 Å². The molecule has 0 aliphatic rings. The number of rotatable bonds is 10. The number of nitrogens with one attached hydrogen (secondary N) is 1. The maximum Gasteiger partial charge on any atom is 0.0291 e. The largest absolute Gasteiger partial charge is 0.310 e. The lowest BCUT2D eigenvalue weighted by Crippen LogP contribution is -2.19. The second-order valence-electron chi connectivity index (χ2n) is 4.86. The van der Waals surface area contributed by atoms with E-state index in [4.69, 9.17) is 0 Å². The van der Waals surface area contributed by atoms with Crippen molar-refractivity contribution in [1.29, 1.82) is 0 Å². The zero-order chi connectivity index (χ0) is 13.9. The number of hydrogen-bond donors (Lipinski definition) is 1. The van der Waals surface area contributed by atoms with Crippen LogP contribution in [0.4, 0.5) is 0 Å². The summed E-state index contributed by atoms with van der Waals surface area (Å²) in [4.78, 5) is 1.34. The highest BCUT2D eigenvalue weighted by Crippen LogP contribution is 2.18. The van der Waals surface area contributed by atoms with Crippen molar-refractivity contribution < 1.29 is 0 Å². The first kappa shape index (κ1) is 16.9. The smallest absolute Gasteiger partial charge is 0.0291 e. The minimum absolute atomic E-state index is 0.460. The van der Waals surface area contributed by atoms with Crippen LogP contribution in [0.2, 0.25) is 0 Å². The molecule has 108 valence electrons. The summed E-state index contributed by atoms with van der Waals surface area (Å²) in [6.07, 6.45) is 9.69. The van der Waals surface area contributed by atoms with Crippen molar-refractivity contribution >= 4 is 23.5 Å². The average Bonchev–Trinajstić information content (AvgIpc) is 2.46. The summed E-state index contributed by atoms with van der Waals surface area (Å²) < 4.78 is 0. The van der Waals surface area contributed by atoms with Gasteiger partial charge in [-0.1, -0.05) is 25.0 Å². The molecular weight excluding hydrogens is 270 g/mol. The molecule has 1 aromatic rings. The molecule has 1 unspecified atom stereocenters. The average molecular weight is 298 g/mol. The van der Waals surface area contributed by atoms with Crippen LogP contribution in [0.15, 0.2) is 29.2 Å². The fourth-order valence-electron chi connectivity index (χ4n) is 2.05. The van der Waals surface area contributed by atoms with Gasteiger partial charge in [0.25, 0.3) is 0 Å². The molecule has 0 aliphatic carbocycles. The molecule has 0 fully saturated rings. The highest BCUT2D eigenvalue weighted by molar-refractivity contribution is 7.98. The first-order valence-electron chi connectivity index (χ1n) is 7.14. The normalized spacial score (nSPS) is 12.6. The summed E-state index contributed by atoms with van der Waals surface area (Å²) in [5.74, 6) is 1.31. The molecule has 0 aliphatic heterocycles. The Kier molecular flexibility index (Phi) is 9.48. The number of hydrogen-bond acceptors (Lipinski definition) is 3. The van der Waals surface area contributed by atoms with Gasteiger partial charge in [0.1, 0.15) is 0 Å². The van der Waals surface area contributed by atoms with Gasteiger partial charge in [-0.2, -0.15) is 11.8 Å². The minimum Gasteiger partial charge on any atom is -0.310 e. The Morgan fingerprint density at radius 3 is 2.32 bits per heavy atom. The topological polar surface area (TPSA) is 12.0 Å². The third-order valence-electron chi connectivity index (χ3n) is 3.34. The SMILES string of the molecule is CSCCCCCCNC(C)c1ccc(SC)cc1. The van der Waals surface area contributed by atoms with Crippen molar-refractivity contribution in [3.05, 3.63) is 29.8 Å². The van der Waals surface area contributed by atoms with Gasteiger partial charge in [-0.25, -0.2) is 0 Å². The number of unbranched alkanes of at least 4 members (excludes halogenated alkanes) is 3. The highest BCUT2D eigenvalue weighted by atomic mass is 32.2. The first-order chi connectivity index (χ1) is 9.27. The fraction of sp³-hybridized carbons (Fsp3) is 0.625. The van der Waals surface area contributed by atoms with E-state index in [-0.39, 0.29) is 0 Å². The van der Waals surface area contributed by atoms with Crippen LogP contribution in [0.25, 0.3) is 0 Å². The molecule has 0 bridgehead atoms. The molecule has 0 saturated carbocycles. The van der Waals surface area contributed by atoms with E-state index in [1.54, 1.807) is 11.8 Å². The molecule has 0 saturated heterocycles. The Morgan fingerprint density at radius 2 is 1.68 bits per heavy atom. The summed E-state index contributed by atoms with van der Waals surface area (Å²) in [6, 6.07) is 9.35. The third kappa shape index (κ3) is 7.28. The van der Waals surface area contributed by atoms with Gasteiger partial charge in [-0.15, -0.1) is 11.8 Å². The molecule has 0 spiro atoms. The van der Waals surface area contributed by atoms with E-state index in [2.05, 4.69) is 49.0 Å². The van der Waals surface area contributed by atoms with E-state index in [9.17, 15) is 0 Å². The first-order valence-corrected chi connectivity index (χ1v) is 9.76. The van der Waals surface area contributed by atoms with E-state index in [1.165, 1.54) is 41.9 Å². The van der Waals surface area contributed by atoms with Crippen molar-refractivity contribution in [2.24, 2.45) is 0 Å². The maximum atomic E-state index is 3.62. The molecule has 1 atom stereocenters. The van der Waals surface area contributed by atoms with Crippen LogP contribution < -0.4 is 5.32 Å². The summed E-state index contributed by atoms with van der Waals surface area (Å²) >= 11 is 3.75. The van der Waals surface area contributed by atoms with Gasteiger partial charge in [-0.05, 0) is 62.3 Å². The van der Waals surface area contributed by atoms with Gasteiger partial charge in [0, 0.05) is 10.9 Å². The van der Waals surface area contributed by atoms with Crippen LogP contribution in [-0.2, 0) is 0 Å². The summed E-state index contributed by atoms with van der Waals surface area (Å²) in [5.41, 5.74) is 1.39. The third-order valence-corrected chi connectivity index (χ3v) is 4.78. The molecule has 0 radical (unpaired) electrons. The second kappa shape index (κ2) is 10.6. The van der Waals surface area contributed by atoms with Crippen LogP contribution in [0.3, 0.4) is 0 Å². The Balaban J connectivity index is 2.14. The Bertz CT molecular complexity index is 324. The molecule has 0 heterocycles. The summed E-state index contributed by atoms with van der Waals surface area (Å²) in [7, 11) is 0. The van der Waals surface area contributed by atoms with Crippen molar-refractivity contribution in [3.63, 3.8) is 0 Å². The standard InChI is InChI=1S/C16H27NS2/c1-14(15-8-10-16(19-3)11-9-15)17-12-6-4-5-7-13-18-2/h8-11,14,17H,4-7,12-13H2,1-3H3. The summed E-state index contributed by atoms with van der Waals surface area (Å²) in [5, 5.41) is 3.62. The molecule has 1 rings (SSSR count). The van der Waals surface area contributed by atoms with Crippen molar-refractivity contribution in [1.82, 2.24) is 5.32 Å². The van der Waals surface area contributed by atoms with Gasteiger partial charge in [-0.3, -0.25) is 0 Å². The van der Waals surface area contributed by atoms with Crippen LogP contribution in [0.5, 0.6) is 0 Å². The van der Waals surface area contributed by atoms with Gasteiger partial charge in [0.2, 0.25) is 0 Å².